The highest BCUT2D eigenvalue weighted by Gasteiger charge is 2.29. The van der Waals surface area contributed by atoms with E-state index in [-0.39, 0.29) is 12.3 Å². The van der Waals surface area contributed by atoms with Crippen molar-refractivity contribution in [3.8, 4) is 0 Å². The molecule has 2 N–H and O–H groups in total. The van der Waals surface area contributed by atoms with Crippen molar-refractivity contribution < 1.29 is 18.3 Å². The van der Waals surface area contributed by atoms with Crippen molar-refractivity contribution >= 4 is 10.0 Å². The number of nitrogens with one attached hydrogen (secondary N) is 1. The van der Waals surface area contributed by atoms with Crippen LogP contribution in [0.4, 0.5) is 0 Å². The van der Waals surface area contributed by atoms with Gasteiger partial charge >= 0.3 is 0 Å². The molecule has 1 aliphatic carbocycles. The maximum absolute atomic E-state index is 11.5. The molecule has 0 heterocycles. The van der Waals surface area contributed by atoms with Crippen LogP contribution < -0.4 is 4.72 Å². The van der Waals surface area contributed by atoms with Crippen LogP contribution in [0.25, 0.3) is 0 Å². The second kappa shape index (κ2) is 5.44. The van der Waals surface area contributed by atoms with Crippen molar-refractivity contribution in [3.63, 3.8) is 0 Å². The third-order valence-corrected chi connectivity index (χ3v) is 4.16. The van der Waals surface area contributed by atoms with Crippen molar-refractivity contribution in [2.75, 3.05) is 26.0 Å². The van der Waals surface area contributed by atoms with Crippen LogP contribution >= 0.6 is 0 Å². The van der Waals surface area contributed by atoms with Crippen LogP contribution in [-0.2, 0) is 14.8 Å². The molecular weight excluding hydrogens is 230 g/mol. The zero-order chi connectivity index (χ0) is 12.2. The minimum atomic E-state index is -3.23. The molecule has 6 heteroatoms. The molecule has 1 aliphatic rings. The largest absolute Gasteiger partial charge is 0.389 e. The van der Waals surface area contributed by atoms with Gasteiger partial charge in [-0.25, -0.2) is 13.1 Å². The predicted molar refractivity (Wildman–Crippen MR) is 61.6 cm³/mol. The minimum Gasteiger partial charge on any atom is -0.389 e. The van der Waals surface area contributed by atoms with Gasteiger partial charge in [-0.15, -0.1) is 0 Å². The molecule has 96 valence electrons. The van der Waals surface area contributed by atoms with Gasteiger partial charge in [-0.1, -0.05) is 0 Å². The quantitative estimate of drug-likeness (QED) is 0.642. The van der Waals surface area contributed by atoms with Gasteiger partial charge in [-0.05, 0) is 25.7 Å². The van der Waals surface area contributed by atoms with Crippen LogP contribution in [0.1, 0.15) is 26.2 Å². The lowest BCUT2D eigenvalue weighted by molar-refractivity contribution is 0.0292. The predicted octanol–water partition coefficient (Wildman–Crippen LogP) is 0.103. The van der Waals surface area contributed by atoms with E-state index in [0.717, 1.165) is 12.8 Å². The molecule has 0 bridgehead atoms. The van der Waals surface area contributed by atoms with Gasteiger partial charge in [0.15, 0.2) is 0 Å². The Labute approximate surface area is 97.2 Å². The molecule has 0 aliphatic heterocycles. The number of ether oxygens (including phenoxy) is 1. The smallest absolute Gasteiger partial charge is 0.211 e. The van der Waals surface area contributed by atoms with E-state index in [4.69, 9.17) is 4.74 Å². The number of sulfonamides is 1. The molecule has 16 heavy (non-hydrogen) atoms. The van der Waals surface area contributed by atoms with Gasteiger partial charge in [-0.3, -0.25) is 0 Å². The molecule has 0 aromatic heterocycles. The summed E-state index contributed by atoms with van der Waals surface area (Å²) in [7, 11) is -1.68. The third-order valence-electron chi connectivity index (χ3n) is 2.67. The molecule has 0 saturated heterocycles. The van der Waals surface area contributed by atoms with Crippen LogP contribution in [0, 0.1) is 5.92 Å². The highest BCUT2D eigenvalue weighted by molar-refractivity contribution is 7.89. The van der Waals surface area contributed by atoms with E-state index in [2.05, 4.69) is 4.72 Å². The summed E-state index contributed by atoms with van der Waals surface area (Å²) in [5.41, 5.74) is -1.05. The minimum absolute atomic E-state index is 0.0470. The molecule has 1 unspecified atom stereocenters. The van der Waals surface area contributed by atoms with Crippen LogP contribution in [0.5, 0.6) is 0 Å². The SMILES string of the molecule is COCCC(C)(O)CNS(=O)(=O)CC1CC1. The summed E-state index contributed by atoms with van der Waals surface area (Å²) in [6.45, 7) is 2.06. The first-order chi connectivity index (χ1) is 7.35. The van der Waals surface area contributed by atoms with Gasteiger partial charge < -0.3 is 9.84 Å². The fraction of sp³-hybridized carbons (Fsp3) is 1.00. The van der Waals surface area contributed by atoms with Crippen molar-refractivity contribution in [3.05, 3.63) is 0 Å². The molecule has 0 aromatic rings. The lowest BCUT2D eigenvalue weighted by Gasteiger charge is -2.23. The van der Waals surface area contributed by atoms with E-state index in [9.17, 15) is 13.5 Å². The summed E-state index contributed by atoms with van der Waals surface area (Å²) in [6.07, 6.45) is 2.41. The molecule has 0 aromatic carbocycles. The highest BCUT2D eigenvalue weighted by atomic mass is 32.2. The van der Waals surface area contributed by atoms with Crippen molar-refractivity contribution in [1.29, 1.82) is 0 Å². The Hall–Kier alpha value is -0.170. The molecule has 1 atom stereocenters. The van der Waals surface area contributed by atoms with E-state index in [1.165, 1.54) is 0 Å². The van der Waals surface area contributed by atoms with Crippen LogP contribution in [-0.4, -0.2) is 45.1 Å². The summed E-state index contributed by atoms with van der Waals surface area (Å²) >= 11 is 0. The highest BCUT2D eigenvalue weighted by Crippen LogP contribution is 2.29. The third kappa shape index (κ3) is 5.79. The fourth-order valence-electron chi connectivity index (χ4n) is 1.33. The second-order valence-corrected chi connectivity index (χ2v) is 6.64. The Kier molecular flexibility index (Phi) is 4.73. The standard InChI is InChI=1S/C10H21NO4S/c1-10(12,5-6-15-2)8-11-16(13,14)7-9-3-4-9/h9,11-12H,3-8H2,1-2H3. The summed E-state index contributed by atoms with van der Waals surface area (Å²) in [5, 5.41) is 9.85. The first-order valence-electron chi connectivity index (χ1n) is 5.53. The number of hydrogen-bond donors (Lipinski definition) is 2. The summed E-state index contributed by atoms with van der Waals surface area (Å²) in [4.78, 5) is 0. The Morgan fingerprint density at radius 2 is 2.12 bits per heavy atom. The van der Waals surface area contributed by atoms with Gasteiger partial charge in [0.2, 0.25) is 10.0 Å². The molecule has 1 rings (SSSR count). The first-order valence-corrected chi connectivity index (χ1v) is 7.18. The van der Waals surface area contributed by atoms with Gasteiger partial charge in [0, 0.05) is 26.7 Å². The van der Waals surface area contributed by atoms with E-state index < -0.39 is 15.6 Å². The van der Waals surface area contributed by atoms with Crippen LogP contribution in [0.2, 0.25) is 0 Å². The van der Waals surface area contributed by atoms with Crippen molar-refractivity contribution in [1.82, 2.24) is 4.72 Å². The Bertz CT molecular complexity index is 309. The van der Waals surface area contributed by atoms with Crippen molar-refractivity contribution in [2.45, 2.75) is 31.8 Å². The average Bonchev–Trinajstić information content (AvgIpc) is 2.95. The fourth-order valence-corrected chi connectivity index (χ4v) is 2.93. The zero-order valence-electron chi connectivity index (χ0n) is 9.90. The Morgan fingerprint density at radius 3 is 2.62 bits per heavy atom. The molecule has 0 radical (unpaired) electrons. The van der Waals surface area contributed by atoms with Gasteiger partial charge in [-0.2, -0.15) is 0 Å². The maximum atomic E-state index is 11.5. The number of rotatable bonds is 8. The van der Waals surface area contributed by atoms with Crippen LogP contribution in [0.15, 0.2) is 0 Å². The summed E-state index contributed by atoms with van der Waals surface area (Å²) in [5.74, 6) is 0.509. The molecule has 0 spiro atoms. The molecular formula is C10H21NO4S. The number of methoxy groups -OCH3 is 1. The topological polar surface area (TPSA) is 75.6 Å². The lowest BCUT2D eigenvalue weighted by Crippen LogP contribution is -2.42. The normalized spacial score (nSPS) is 20.7. The van der Waals surface area contributed by atoms with E-state index in [1.54, 1.807) is 14.0 Å². The van der Waals surface area contributed by atoms with Crippen LogP contribution in [0.3, 0.4) is 0 Å². The summed E-state index contributed by atoms with van der Waals surface area (Å²) < 4.78 is 30.4. The molecule has 0 amide bonds. The van der Waals surface area contributed by atoms with E-state index >= 15 is 0 Å². The van der Waals surface area contributed by atoms with Gasteiger partial charge in [0.05, 0.1) is 11.4 Å². The Morgan fingerprint density at radius 1 is 1.50 bits per heavy atom. The second-order valence-electron chi connectivity index (χ2n) is 4.79. The monoisotopic (exact) mass is 251 g/mol. The number of hydrogen-bond acceptors (Lipinski definition) is 4. The lowest BCUT2D eigenvalue weighted by atomic mass is 10.0. The van der Waals surface area contributed by atoms with Crippen molar-refractivity contribution in [2.24, 2.45) is 5.92 Å². The molecule has 1 saturated carbocycles. The first kappa shape index (κ1) is 13.9. The molecule has 1 fully saturated rings. The maximum Gasteiger partial charge on any atom is 0.211 e. The zero-order valence-corrected chi connectivity index (χ0v) is 10.7. The average molecular weight is 251 g/mol. The molecule has 5 nitrogen and oxygen atoms in total. The van der Waals surface area contributed by atoms with E-state index in [0.29, 0.717) is 18.9 Å². The van der Waals surface area contributed by atoms with Gasteiger partial charge in [0.1, 0.15) is 0 Å². The number of aliphatic hydroxyl groups is 1. The Balaban J connectivity index is 2.30. The van der Waals surface area contributed by atoms with E-state index in [1.807, 2.05) is 0 Å². The van der Waals surface area contributed by atoms with Gasteiger partial charge in [0.25, 0.3) is 0 Å². The summed E-state index contributed by atoms with van der Waals surface area (Å²) in [6, 6.07) is 0.